The molecule has 188 valence electrons. The fourth-order valence-corrected chi connectivity index (χ4v) is 4.51. The number of carbonyl (C=O) groups excluding carboxylic acids is 1. The first-order valence-electron chi connectivity index (χ1n) is 13.0. The highest BCUT2D eigenvalue weighted by atomic mass is 16.5. The number of carbonyl (C=O) groups is 1. The van der Waals surface area contributed by atoms with Crippen LogP contribution < -0.4 is 10.2 Å². The Morgan fingerprint density at radius 3 is 2.54 bits per heavy atom. The largest absolute Gasteiger partial charge is 0.380 e. The van der Waals surface area contributed by atoms with E-state index in [1.807, 2.05) is 22.6 Å². The Kier molecular flexibility index (Phi) is 7.69. The summed E-state index contributed by atoms with van der Waals surface area (Å²) < 4.78 is 8.00. The molecule has 8 heteroatoms. The molecular weight excluding hydrogens is 437 g/mol. The number of benzene rings is 1. The summed E-state index contributed by atoms with van der Waals surface area (Å²) in [6.07, 6.45) is 5.73. The zero-order valence-electron chi connectivity index (χ0n) is 22.0. The highest BCUT2D eigenvalue weighted by molar-refractivity contribution is 6.08. The van der Waals surface area contributed by atoms with Gasteiger partial charge in [-0.3, -0.25) is 9.20 Å². The van der Waals surface area contributed by atoms with Crippen molar-refractivity contribution in [2.24, 2.45) is 16.7 Å². The zero-order valence-corrected chi connectivity index (χ0v) is 22.0. The van der Waals surface area contributed by atoms with E-state index in [0.717, 1.165) is 61.5 Å². The number of hydrogen-bond acceptors (Lipinski definition) is 5. The summed E-state index contributed by atoms with van der Waals surface area (Å²) in [6, 6.07) is 10.2. The van der Waals surface area contributed by atoms with Gasteiger partial charge < -0.3 is 15.0 Å². The molecule has 0 spiro atoms. The Morgan fingerprint density at radius 1 is 1.09 bits per heavy atom. The monoisotopic (exact) mass is 477 g/mol. The van der Waals surface area contributed by atoms with Crippen LogP contribution in [0.15, 0.2) is 36.5 Å². The van der Waals surface area contributed by atoms with E-state index in [9.17, 15) is 4.79 Å². The van der Waals surface area contributed by atoms with Crippen LogP contribution in [0.25, 0.3) is 16.8 Å². The van der Waals surface area contributed by atoms with Crippen molar-refractivity contribution in [1.29, 1.82) is 0 Å². The van der Waals surface area contributed by atoms with E-state index in [1.165, 1.54) is 0 Å². The molecule has 1 aromatic carbocycles. The third kappa shape index (κ3) is 6.54. The highest BCUT2D eigenvalue weighted by Gasteiger charge is 2.25. The maximum absolute atomic E-state index is 12.6. The van der Waals surface area contributed by atoms with E-state index in [1.54, 1.807) is 0 Å². The van der Waals surface area contributed by atoms with Crippen LogP contribution in [0.2, 0.25) is 6.32 Å². The molecule has 0 saturated carbocycles. The molecule has 4 rings (SSSR count). The summed E-state index contributed by atoms with van der Waals surface area (Å²) in [5.41, 5.74) is 2.15. The number of para-hydroxylation sites is 2. The molecule has 1 aliphatic rings. The molecule has 7 nitrogen and oxygen atoms in total. The fourth-order valence-electron chi connectivity index (χ4n) is 4.51. The molecule has 1 N–H and O–H groups in total. The van der Waals surface area contributed by atoms with E-state index < -0.39 is 0 Å². The molecule has 0 bridgehead atoms. The van der Waals surface area contributed by atoms with Crippen molar-refractivity contribution in [2.75, 3.05) is 37.7 Å². The van der Waals surface area contributed by atoms with Crippen molar-refractivity contribution >= 4 is 36.4 Å². The number of imidazole rings is 1. The number of rotatable bonds is 10. The topological polar surface area (TPSA) is 71.8 Å². The van der Waals surface area contributed by atoms with Crippen molar-refractivity contribution in [1.82, 2.24) is 19.7 Å². The molecule has 0 unspecified atom stereocenters. The SMILES string of the molecule is BCC(C)(C)COCC(C)(C)CNC(=O)CC1CCN(c2ccn3c(n2)nc2ccccc23)CC1. The number of anilines is 1. The minimum absolute atomic E-state index is 0.0786. The molecule has 0 atom stereocenters. The van der Waals surface area contributed by atoms with Crippen molar-refractivity contribution in [2.45, 2.75) is 53.3 Å². The van der Waals surface area contributed by atoms with Crippen LogP contribution in [0.4, 0.5) is 5.82 Å². The van der Waals surface area contributed by atoms with E-state index in [2.05, 4.69) is 69.1 Å². The average molecular weight is 477 g/mol. The standard InChI is InChI=1S/C27H40BN5O2/c1-26(2,16-28)18-35-19-27(3,4)17-29-24(34)15-20-9-12-32(13-10-20)23-11-14-33-22-8-6-5-7-21(22)30-25(33)31-23/h5-8,11,14,20H,9-10,12-13,15-19,28H2,1-4H3,(H,29,34). The Labute approximate surface area is 210 Å². The number of nitrogens with one attached hydrogen (secondary N) is 1. The van der Waals surface area contributed by atoms with Gasteiger partial charge in [0.1, 0.15) is 13.7 Å². The van der Waals surface area contributed by atoms with E-state index in [0.29, 0.717) is 25.5 Å². The Hall–Kier alpha value is -2.61. The van der Waals surface area contributed by atoms with Gasteiger partial charge in [0.15, 0.2) is 0 Å². The van der Waals surface area contributed by atoms with Gasteiger partial charge in [-0.05, 0) is 42.4 Å². The lowest BCUT2D eigenvalue weighted by Crippen LogP contribution is -2.40. The first kappa shape index (κ1) is 25.5. The summed E-state index contributed by atoms with van der Waals surface area (Å²) >= 11 is 0. The van der Waals surface area contributed by atoms with Crippen molar-refractivity contribution in [3.63, 3.8) is 0 Å². The normalized spacial score (nSPS) is 15.7. The predicted octanol–water partition coefficient (Wildman–Crippen LogP) is 3.73. The molecule has 2 aromatic heterocycles. The molecule has 0 aliphatic carbocycles. The van der Waals surface area contributed by atoms with Gasteiger partial charge in [0.25, 0.3) is 0 Å². The minimum atomic E-state index is -0.0786. The quantitative estimate of drug-likeness (QED) is 0.451. The number of hydrogen-bond donors (Lipinski definition) is 1. The molecule has 0 radical (unpaired) electrons. The van der Waals surface area contributed by atoms with Gasteiger partial charge in [-0.2, -0.15) is 4.98 Å². The van der Waals surface area contributed by atoms with Crippen LogP contribution in [-0.4, -0.2) is 61.0 Å². The number of fused-ring (bicyclic) bond motifs is 3. The first-order valence-corrected chi connectivity index (χ1v) is 13.0. The predicted molar refractivity (Wildman–Crippen MR) is 145 cm³/mol. The average Bonchev–Trinajstić information content (AvgIpc) is 3.21. The van der Waals surface area contributed by atoms with Gasteiger partial charge in [0.05, 0.1) is 24.2 Å². The second-order valence-electron chi connectivity index (χ2n) is 11.6. The molecule has 1 fully saturated rings. The van der Waals surface area contributed by atoms with Crippen LogP contribution in [0.1, 0.15) is 47.0 Å². The fraction of sp³-hybridized carbons (Fsp3) is 0.593. The van der Waals surface area contributed by atoms with Crippen molar-refractivity contribution < 1.29 is 9.53 Å². The molecule has 3 heterocycles. The van der Waals surface area contributed by atoms with E-state index in [-0.39, 0.29) is 16.7 Å². The lowest BCUT2D eigenvalue weighted by atomic mass is 9.80. The maximum Gasteiger partial charge on any atom is 0.236 e. The Balaban J connectivity index is 1.22. The van der Waals surface area contributed by atoms with E-state index in [4.69, 9.17) is 9.72 Å². The zero-order chi connectivity index (χ0) is 25.1. The van der Waals surface area contributed by atoms with Crippen molar-refractivity contribution in [3.8, 4) is 0 Å². The summed E-state index contributed by atoms with van der Waals surface area (Å²) in [7, 11) is 2.19. The lowest BCUT2D eigenvalue weighted by Gasteiger charge is -2.33. The van der Waals surface area contributed by atoms with Gasteiger partial charge in [-0.25, -0.2) is 4.98 Å². The van der Waals surface area contributed by atoms with Crippen molar-refractivity contribution in [3.05, 3.63) is 36.5 Å². The van der Waals surface area contributed by atoms with E-state index >= 15 is 0 Å². The number of piperidine rings is 1. The Bertz CT molecular complexity index is 1150. The van der Waals surface area contributed by atoms with Crippen LogP contribution in [0.5, 0.6) is 0 Å². The first-order chi connectivity index (χ1) is 16.7. The third-order valence-electron chi connectivity index (χ3n) is 7.28. The second kappa shape index (κ2) is 10.6. The Morgan fingerprint density at radius 2 is 1.80 bits per heavy atom. The summed E-state index contributed by atoms with van der Waals surface area (Å²) in [5.74, 6) is 2.25. The van der Waals surface area contributed by atoms with Gasteiger partial charge in [0.2, 0.25) is 11.7 Å². The van der Waals surface area contributed by atoms with Crippen LogP contribution >= 0.6 is 0 Å². The smallest absolute Gasteiger partial charge is 0.236 e. The van der Waals surface area contributed by atoms with Gasteiger partial charge >= 0.3 is 0 Å². The number of nitrogens with zero attached hydrogens (tertiary/aromatic N) is 4. The summed E-state index contributed by atoms with van der Waals surface area (Å²) in [4.78, 5) is 24.4. The number of amides is 1. The minimum Gasteiger partial charge on any atom is -0.380 e. The maximum atomic E-state index is 12.6. The molecule has 1 aliphatic heterocycles. The van der Waals surface area contributed by atoms with Gasteiger partial charge in [-0.15, -0.1) is 0 Å². The van der Waals surface area contributed by atoms with Gasteiger partial charge in [-0.1, -0.05) is 46.1 Å². The second-order valence-corrected chi connectivity index (χ2v) is 11.6. The lowest BCUT2D eigenvalue weighted by molar-refractivity contribution is -0.122. The molecule has 35 heavy (non-hydrogen) atoms. The van der Waals surface area contributed by atoms with Gasteiger partial charge in [0, 0.05) is 37.7 Å². The van der Waals surface area contributed by atoms with Crippen LogP contribution in [0.3, 0.4) is 0 Å². The summed E-state index contributed by atoms with van der Waals surface area (Å²) in [6.45, 7) is 12.6. The van der Waals surface area contributed by atoms with Crippen LogP contribution in [0, 0.1) is 16.7 Å². The number of ether oxygens (including phenoxy) is 1. The van der Waals surface area contributed by atoms with Crippen LogP contribution in [-0.2, 0) is 9.53 Å². The molecule has 3 aromatic rings. The molecule has 1 amide bonds. The molecular formula is C27H40BN5O2. The molecule has 1 saturated heterocycles. The number of aromatic nitrogens is 3. The third-order valence-corrected chi connectivity index (χ3v) is 7.28. The summed E-state index contributed by atoms with van der Waals surface area (Å²) in [5, 5.41) is 3.15. The highest BCUT2D eigenvalue weighted by Crippen LogP contribution is 2.26.